The molecule has 0 aliphatic rings. The van der Waals surface area contributed by atoms with Crippen LogP contribution in [0.5, 0.6) is 5.75 Å². The summed E-state index contributed by atoms with van der Waals surface area (Å²) in [5, 5.41) is 7.51. The lowest BCUT2D eigenvalue weighted by Crippen LogP contribution is -2.02. The van der Waals surface area contributed by atoms with Gasteiger partial charge in [0.1, 0.15) is 17.9 Å². The number of nitrogens with zero attached hydrogens (tertiary/aromatic N) is 4. The van der Waals surface area contributed by atoms with Gasteiger partial charge in [-0.2, -0.15) is 14.6 Å². The van der Waals surface area contributed by atoms with E-state index in [1.807, 2.05) is 37.3 Å². The van der Waals surface area contributed by atoms with Crippen molar-refractivity contribution in [3.8, 4) is 5.75 Å². The lowest BCUT2D eigenvalue weighted by molar-refractivity contribution is 0.309. The summed E-state index contributed by atoms with van der Waals surface area (Å²) in [7, 11) is 0. The smallest absolute Gasteiger partial charge is 0.254 e. The molecule has 3 rings (SSSR count). The van der Waals surface area contributed by atoms with Gasteiger partial charge in [0.15, 0.2) is 0 Å². The Morgan fingerprint density at radius 2 is 2.05 bits per heavy atom. The normalized spacial score (nSPS) is 10.8. The number of anilines is 2. The molecular weight excluding hydrogens is 278 g/mol. The Hall–Kier alpha value is -2.63. The number of rotatable bonds is 6. The lowest BCUT2D eigenvalue weighted by Gasteiger charge is -2.10. The first-order valence-electron chi connectivity index (χ1n) is 7.43. The van der Waals surface area contributed by atoms with E-state index in [0.717, 1.165) is 42.4 Å². The molecule has 3 aromatic rings. The fraction of sp³-hybridized carbons (Fsp3) is 0.312. The number of aryl methyl sites for hydroxylation is 1. The molecule has 0 aliphatic carbocycles. The van der Waals surface area contributed by atoms with Crippen LogP contribution in [0.1, 0.15) is 25.5 Å². The highest BCUT2D eigenvalue weighted by molar-refractivity contribution is 5.59. The van der Waals surface area contributed by atoms with E-state index < -0.39 is 0 Å². The van der Waals surface area contributed by atoms with E-state index in [4.69, 9.17) is 4.74 Å². The Kier molecular flexibility index (Phi) is 4.18. The minimum absolute atomic E-state index is 0.585. The van der Waals surface area contributed by atoms with Gasteiger partial charge in [-0.05, 0) is 37.6 Å². The van der Waals surface area contributed by atoms with Crippen LogP contribution in [-0.4, -0.2) is 26.2 Å². The van der Waals surface area contributed by atoms with Gasteiger partial charge in [0.05, 0.1) is 6.61 Å². The van der Waals surface area contributed by atoms with Gasteiger partial charge in [-0.15, -0.1) is 0 Å². The number of ether oxygens (including phenoxy) is 1. The van der Waals surface area contributed by atoms with Crippen LogP contribution in [0.15, 0.2) is 36.7 Å². The molecule has 0 saturated carbocycles. The van der Waals surface area contributed by atoms with Crippen molar-refractivity contribution in [1.82, 2.24) is 19.6 Å². The third-order valence-corrected chi connectivity index (χ3v) is 3.27. The summed E-state index contributed by atoms with van der Waals surface area (Å²) < 4.78 is 7.34. The van der Waals surface area contributed by atoms with Gasteiger partial charge in [0.2, 0.25) is 0 Å². The molecule has 6 heteroatoms. The summed E-state index contributed by atoms with van der Waals surface area (Å²) in [6.45, 7) is 4.84. The van der Waals surface area contributed by atoms with Crippen LogP contribution in [0, 0.1) is 6.92 Å². The maximum absolute atomic E-state index is 5.66. The molecule has 0 saturated heterocycles. The average Bonchev–Trinajstić information content (AvgIpc) is 2.97. The van der Waals surface area contributed by atoms with E-state index in [2.05, 4.69) is 27.3 Å². The Bertz CT molecular complexity index is 751. The van der Waals surface area contributed by atoms with Crippen LogP contribution in [-0.2, 0) is 0 Å². The van der Waals surface area contributed by atoms with Gasteiger partial charge in [-0.25, -0.2) is 4.98 Å². The summed E-state index contributed by atoms with van der Waals surface area (Å²) in [6, 6.07) is 9.84. The predicted octanol–water partition coefficient (Wildman–Crippen LogP) is 3.36. The van der Waals surface area contributed by atoms with E-state index in [-0.39, 0.29) is 0 Å². The number of unbranched alkanes of at least 4 members (excludes halogenated alkanes) is 1. The first-order chi connectivity index (χ1) is 10.8. The average molecular weight is 297 g/mol. The molecular formula is C16H19N5O. The van der Waals surface area contributed by atoms with Crippen LogP contribution >= 0.6 is 0 Å². The Morgan fingerprint density at radius 1 is 1.23 bits per heavy atom. The molecule has 0 amide bonds. The fourth-order valence-corrected chi connectivity index (χ4v) is 2.14. The summed E-state index contributed by atoms with van der Waals surface area (Å²) in [4.78, 5) is 8.44. The Labute approximate surface area is 129 Å². The number of benzene rings is 1. The predicted molar refractivity (Wildman–Crippen MR) is 85.6 cm³/mol. The third-order valence-electron chi connectivity index (χ3n) is 3.27. The van der Waals surface area contributed by atoms with Crippen molar-refractivity contribution in [2.24, 2.45) is 0 Å². The standard InChI is InChI=1S/C16H19N5O/c1-3-4-9-22-14-7-5-13(6-8-14)20-15-10-12(2)19-16-17-11-18-21(15)16/h5-8,10-11,20H,3-4,9H2,1-2H3. The van der Waals surface area contributed by atoms with E-state index in [0.29, 0.717) is 5.78 Å². The first kappa shape index (κ1) is 14.3. The van der Waals surface area contributed by atoms with Crippen molar-refractivity contribution in [2.45, 2.75) is 26.7 Å². The van der Waals surface area contributed by atoms with Gasteiger partial charge in [0.25, 0.3) is 5.78 Å². The second-order valence-corrected chi connectivity index (χ2v) is 5.11. The molecule has 1 N–H and O–H groups in total. The van der Waals surface area contributed by atoms with Gasteiger partial charge < -0.3 is 10.1 Å². The molecule has 0 spiro atoms. The largest absolute Gasteiger partial charge is 0.494 e. The highest BCUT2D eigenvalue weighted by atomic mass is 16.5. The summed E-state index contributed by atoms with van der Waals surface area (Å²) in [5.41, 5.74) is 1.85. The van der Waals surface area contributed by atoms with Crippen molar-refractivity contribution >= 4 is 17.3 Å². The highest BCUT2D eigenvalue weighted by Crippen LogP contribution is 2.20. The van der Waals surface area contributed by atoms with Crippen LogP contribution < -0.4 is 10.1 Å². The third kappa shape index (κ3) is 3.16. The van der Waals surface area contributed by atoms with Crippen molar-refractivity contribution in [3.05, 3.63) is 42.4 Å². The van der Waals surface area contributed by atoms with Crippen molar-refractivity contribution in [3.63, 3.8) is 0 Å². The summed E-state index contributed by atoms with van der Waals surface area (Å²) in [6.07, 6.45) is 3.70. The van der Waals surface area contributed by atoms with Crippen molar-refractivity contribution in [1.29, 1.82) is 0 Å². The summed E-state index contributed by atoms with van der Waals surface area (Å²) >= 11 is 0. The monoisotopic (exact) mass is 297 g/mol. The molecule has 22 heavy (non-hydrogen) atoms. The second-order valence-electron chi connectivity index (χ2n) is 5.11. The van der Waals surface area contributed by atoms with E-state index >= 15 is 0 Å². The maximum Gasteiger partial charge on any atom is 0.254 e. The highest BCUT2D eigenvalue weighted by Gasteiger charge is 2.06. The molecule has 114 valence electrons. The van der Waals surface area contributed by atoms with Crippen LogP contribution in [0.3, 0.4) is 0 Å². The SMILES string of the molecule is CCCCOc1ccc(Nc2cc(C)nc3ncnn23)cc1. The minimum atomic E-state index is 0.585. The lowest BCUT2D eigenvalue weighted by atomic mass is 10.3. The topological polar surface area (TPSA) is 64.3 Å². The second kappa shape index (κ2) is 6.43. The first-order valence-corrected chi connectivity index (χ1v) is 7.43. The van der Waals surface area contributed by atoms with Gasteiger partial charge >= 0.3 is 0 Å². The molecule has 1 aromatic carbocycles. The van der Waals surface area contributed by atoms with Gasteiger partial charge in [-0.3, -0.25) is 0 Å². The zero-order valence-electron chi connectivity index (χ0n) is 12.8. The van der Waals surface area contributed by atoms with E-state index in [1.165, 1.54) is 6.33 Å². The minimum Gasteiger partial charge on any atom is -0.494 e. The quantitative estimate of drug-likeness (QED) is 0.707. The number of nitrogens with one attached hydrogen (secondary N) is 1. The van der Waals surface area contributed by atoms with Crippen LogP contribution in [0.2, 0.25) is 0 Å². The van der Waals surface area contributed by atoms with Gasteiger partial charge in [0, 0.05) is 17.4 Å². The Balaban J connectivity index is 1.76. The number of fused-ring (bicyclic) bond motifs is 1. The number of aromatic nitrogens is 4. The van der Waals surface area contributed by atoms with Crippen molar-refractivity contribution in [2.75, 3.05) is 11.9 Å². The molecule has 2 heterocycles. The maximum atomic E-state index is 5.66. The van der Waals surface area contributed by atoms with Crippen LogP contribution in [0.25, 0.3) is 5.78 Å². The summed E-state index contributed by atoms with van der Waals surface area (Å²) in [5.74, 6) is 2.30. The molecule has 0 atom stereocenters. The number of hydrogen-bond acceptors (Lipinski definition) is 5. The molecule has 0 radical (unpaired) electrons. The molecule has 0 aliphatic heterocycles. The molecule has 0 fully saturated rings. The zero-order chi connectivity index (χ0) is 15.4. The molecule has 0 unspecified atom stereocenters. The molecule has 6 nitrogen and oxygen atoms in total. The van der Waals surface area contributed by atoms with Gasteiger partial charge in [-0.1, -0.05) is 13.3 Å². The van der Waals surface area contributed by atoms with E-state index in [9.17, 15) is 0 Å². The number of hydrogen-bond donors (Lipinski definition) is 1. The molecule has 0 bridgehead atoms. The van der Waals surface area contributed by atoms with E-state index in [1.54, 1.807) is 4.52 Å². The zero-order valence-corrected chi connectivity index (χ0v) is 12.8. The fourth-order valence-electron chi connectivity index (χ4n) is 2.14. The molecule has 2 aromatic heterocycles. The van der Waals surface area contributed by atoms with Crippen LogP contribution in [0.4, 0.5) is 11.5 Å². The Morgan fingerprint density at radius 3 is 2.82 bits per heavy atom. The van der Waals surface area contributed by atoms with Crippen molar-refractivity contribution < 1.29 is 4.74 Å².